The molecule has 1 aromatic heterocycles. The molecule has 0 saturated carbocycles. The molecule has 0 atom stereocenters. The molecule has 0 fully saturated rings. The van der Waals surface area contributed by atoms with Gasteiger partial charge in [0.15, 0.2) is 0 Å². The summed E-state index contributed by atoms with van der Waals surface area (Å²) in [6, 6.07) is 9.87. The van der Waals surface area contributed by atoms with Crippen molar-refractivity contribution in [1.29, 1.82) is 0 Å². The van der Waals surface area contributed by atoms with Crippen LogP contribution >= 0.6 is 0 Å². The van der Waals surface area contributed by atoms with E-state index < -0.39 is 17.3 Å². The van der Waals surface area contributed by atoms with Gasteiger partial charge in [0.25, 0.3) is 5.56 Å². The lowest BCUT2D eigenvalue weighted by molar-refractivity contribution is -0.137. The number of hydrogen-bond acceptors (Lipinski definition) is 3. The SMILES string of the molecule is O=c1[nH]c(Cc2ccc(CO)cc2)nc2cc(C(F)(F)F)ccc12. The van der Waals surface area contributed by atoms with Gasteiger partial charge in [-0.1, -0.05) is 24.3 Å². The second kappa shape index (κ2) is 6.09. The Balaban J connectivity index is 2.00. The van der Waals surface area contributed by atoms with Crippen molar-refractivity contribution in [3.63, 3.8) is 0 Å². The van der Waals surface area contributed by atoms with E-state index in [9.17, 15) is 18.0 Å². The van der Waals surface area contributed by atoms with Gasteiger partial charge in [-0.2, -0.15) is 13.2 Å². The smallest absolute Gasteiger partial charge is 0.392 e. The molecule has 2 N–H and O–H groups in total. The van der Waals surface area contributed by atoms with Crippen molar-refractivity contribution in [3.05, 3.63) is 75.3 Å². The highest BCUT2D eigenvalue weighted by Gasteiger charge is 2.30. The first kappa shape index (κ1) is 16.2. The van der Waals surface area contributed by atoms with Crippen molar-refractivity contribution in [3.8, 4) is 0 Å². The quantitative estimate of drug-likeness (QED) is 0.774. The normalized spacial score (nSPS) is 11.8. The van der Waals surface area contributed by atoms with Gasteiger partial charge >= 0.3 is 6.18 Å². The lowest BCUT2D eigenvalue weighted by atomic mass is 10.1. The number of aromatic amines is 1. The highest BCUT2D eigenvalue weighted by atomic mass is 19.4. The van der Waals surface area contributed by atoms with Crippen molar-refractivity contribution < 1.29 is 18.3 Å². The Labute approximate surface area is 134 Å². The van der Waals surface area contributed by atoms with Crippen LogP contribution in [0.15, 0.2) is 47.3 Å². The first-order valence-corrected chi connectivity index (χ1v) is 7.15. The topological polar surface area (TPSA) is 66.0 Å². The molecule has 2 aromatic carbocycles. The molecule has 0 saturated heterocycles. The summed E-state index contributed by atoms with van der Waals surface area (Å²) in [7, 11) is 0. The largest absolute Gasteiger partial charge is 0.416 e. The number of nitrogens with one attached hydrogen (secondary N) is 1. The van der Waals surface area contributed by atoms with Gasteiger partial charge in [0.2, 0.25) is 0 Å². The predicted octanol–water partition coefficient (Wildman–Crippen LogP) is 3.03. The van der Waals surface area contributed by atoms with Gasteiger partial charge in [-0.3, -0.25) is 4.79 Å². The molecule has 0 unspecified atom stereocenters. The van der Waals surface area contributed by atoms with Crippen LogP contribution in [0, 0.1) is 0 Å². The number of aliphatic hydroxyl groups is 1. The Morgan fingerprint density at radius 1 is 1.04 bits per heavy atom. The van der Waals surface area contributed by atoms with Gasteiger partial charge in [-0.25, -0.2) is 4.98 Å². The van der Waals surface area contributed by atoms with E-state index in [1.54, 1.807) is 24.3 Å². The van der Waals surface area contributed by atoms with Crippen LogP contribution in [0.4, 0.5) is 13.2 Å². The number of aromatic nitrogens is 2. The molecule has 0 spiro atoms. The van der Waals surface area contributed by atoms with E-state index in [1.165, 1.54) is 0 Å². The Kier molecular flexibility index (Phi) is 4.11. The summed E-state index contributed by atoms with van der Waals surface area (Å²) in [5, 5.41) is 9.13. The highest BCUT2D eigenvalue weighted by Crippen LogP contribution is 2.30. The van der Waals surface area contributed by atoms with Crippen LogP contribution < -0.4 is 5.56 Å². The molecule has 3 rings (SSSR count). The third kappa shape index (κ3) is 3.30. The molecule has 0 amide bonds. The van der Waals surface area contributed by atoms with Crippen LogP contribution in [-0.4, -0.2) is 15.1 Å². The Hall–Kier alpha value is -2.67. The fourth-order valence-electron chi connectivity index (χ4n) is 2.40. The van der Waals surface area contributed by atoms with Crippen molar-refractivity contribution in [2.24, 2.45) is 0 Å². The Morgan fingerprint density at radius 2 is 1.71 bits per heavy atom. The standard InChI is InChI=1S/C17H13F3N2O2/c18-17(19,20)12-5-6-13-14(8-12)21-15(22-16(13)24)7-10-1-3-11(9-23)4-2-10/h1-6,8,23H,7,9H2,(H,21,22,24). The van der Waals surface area contributed by atoms with E-state index in [0.717, 1.165) is 29.3 Å². The molecule has 0 aliphatic rings. The van der Waals surface area contributed by atoms with Crippen LogP contribution in [0.5, 0.6) is 0 Å². The second-order valence-corrected chi connectivity index (χ2v) is 5.39. The maximum atomic E-state index is 12.8. The average Bonchev–Trinajstić information content (AvgIpc) is 2.54. The molecule has 24 heavy (non-hydrogen) atoms. The van der Waals surface area contributed by atoms with Crippen molar-refractivity contribution >= 4 is 10.9 Å². The average molecular weight is 334 g/mol. The van der Waals surface area contributed by atoms with E-state index in [1.807, 2.05) is 0 Å². The minimum atomic E-state index is -4.49. The molecule has 4 nitrogen and oxygen atoms in total. The summed E-state index contributed by atoms with van der Waals surface area (Å²) >= 11 is 0. The molecule has 3 aromatic rings. The van der Waals surface area contributed by atoms with E-state index in [-0.39, 0.29) is 29.8 Å². The van der Waals surface area contributed by atoms with Crippen LogP contribution in [0.3, 0.4) is 0 Å². The van der Waals surface area contributed by atoms with E-state index in [4.69, 9.17) is 5.11 Å². The van der Waals surface area contributed by atoms with Crippen LogP contribution in [0.2, 0.25) is 0 Å². The number of aliphatic hydroxyl groups excluding tert-OH is 1. The molecule has 0 aliphatic heterocycles. The molecule has 0 aliphatic carbocycles. The highest BCUT2D eigenvalue weighted by molar-refractivity contribution is 5.78. The van der Waals surface area contributed by atoms with Gasteiger partial charge in [0.05, 0.1) is 23.1 Å². The van der Waals surface area contributed by atoms with Crippen molar-refractivity contribution in [2.75, 3.05) is 0 Å². The molecular formula is C17H13F3N2O2. The lowest BCUT2D eigenvalue weighted by Crippen LogP contribution is -2.13. The van der Waals surface area contributed by atoms with Gasteiger partial charge in [-0.15, -0.1) is 0 Å². The summed E-state index contributed by atoms with van der Waals surface area (Å²) < 4.78 is 38.4. The third-order valence-corrected chi connectivity index (χ3v) is 3.66. The maximum Gasteiger partial charge on any atom is 0.416 e. The van der Waals surface area contributed by atoms with Crippen molar-refractivity contribution in [2.45, 2.75) is 19.2 Å². The number of fused-ring (bicyclic) bond motifs is 1. The molecule has 7 heteroatoms. The molecule has 1 heterocycles. The van der Waals surface area contributed by atoms with E-state index in [0.29, 0.717) is 0 Å². The fourth-order valence-corrected chi connectivity index (χ4v) is 2.40. The first-order chi connectivity index (χ1) is 11.4. The number of H-pyrrole nitrogens is 1. The summed E-state index contributed by atoms with van der Waals surface area (Å²) in [6.07, 6.45) is -4.22. The van der Waals surface area contributed by atoms with Crippen LogP contribution in [-0.2, 0) is 19.2 Å². The van der Waals surface area contributed by atoms with Crippen LogP contribution in [0.25, 0.3) is 10.9 Å². The van der Waals surface area contributed by atoms with Gasteiger partial charge in [0, 0.05) is 6.42 Å². The lowest BCUT2D eigenvalue weighted by Gasteiger charge is -2.08. The number of nitrogens with zero attached hydrogens (tertiary/aromatic N) is 1. The number of alkyl halides is 3. The fraction of sp³-hybridized carbons (Fsp3) is 0.176. The number of rotatable bonds is 3. The summed E-state index contributed by atoms with van der Waals surface area (Å²) in [5.41, 5.74) is 0.257. The maximum absolute atomic E-state index is 12.8. The number of halogens is 3. The summed E-state index contributed by atoms with van der Waals surface area (Å²) in [6.45, 7) is -0.0778. The van der Waals surface area contributed by atoms with E-state index >= 15 is 0 Å². The molecule has 124 valence electrons. The monoisotopic (exact) mass is 334 g/mol. The van der Waals surface area contributed by atoms with Crippen LogP contribution in [0.1, 0.15) is 22.5 Å². The molecular weight excluding hydrogens is 321 g/mol. The zero-order valence-electron chi connectivity index (χ0n) is 12.4. The predicted molar refractivity (Wildman–Crippen MR) is 82.5 cm³/mol. The summed E-state index contributed by atoms with van der Waals surface area (Å²) in [5.74, 6) is 0.281. The third-order valence-electron chi connectivity index (χ3n) is 3.66. The minimum Gasteiger partial charge on any atom is -0.392 e. The number of hydrogen-bond donors (Lipinski definition) is 2. The zero-order valence-corrected chi connectivity index (χ0v) is 12.4. The van der Waals surface area contributed by atoms with Crippen molar-refractivity contribution in [1.82, 2.24) is 9.97 Å². The number of benzene rings is 2. The van der Waals surface area contributed by atoms with E-state index in [2.05, 4.69) is 9.97 Å². The zero-order chi connectivity index (χ0) is 17.3. The van der Waals surface area contributed by atoms with Gasteiger partial charge < -0.3 is 10.1 Å². The van der Waals surface area contributed by atoms with Gasteiger partial charge in [-0.05, 0) is 29.3 Å². The second-order valence-electron chi connectivity index (χ2n) is 5.39. The molecule has 0 radical (unpaired) electrons. The Morgan fingerprint density at radius 3 is 2.33 bits per heavy atom. The first-order valence-electron chi connectivity index (χ1n) is 7.15. The van der Waals surface area contributed by atoms with Gasteiger partial charge in [0.1, 0.15) is 5.82 Å². The molecule has 0 bridgehead atoms. The Bertz CT molecular complexity index is 931. The summed E-state index contributed by atoms with van der Waals surface area (Å²) in [4.78, 5) is 18.8. The minimum absolute atomic E-state index is 0.00977.